The Kier molecular flexibility index (Phi) is 4.30. The number of aromatic nitrogens is 1. The molecule has 2 aromatic rings. The zero-order chi connectivity index (χ0) is 15.4. The smallest absolute Gasteiger partial charge is 0.350 e. The first-order valence-electron chi connectivity index (χ1n) is 5.92. The first-order chi connectivity index (χ1) is 10.0. The minimum atomic E-state index is -0.483. The summed E-state index contributed by atoms with van der Waals surface area (Å²) in [5.41, 5.74) is 1.38. The number of benzene rings is 1. The number of esters is 1. The van der Waals surface area contributed by atoms with Crippen molar-refractivity contribution in [3.05, 3.63) is 46.0 Å². The van der Waals surface area contributed by atoms with Gasteiger partial charge < -0.3 is 4.74 Å². The summed E-state index contributed by atoms with van der Waals surface area (Å²) in [5, 5.41) is 11.6. The van der Waals surface area contributed by atoms with Crippen LogP contribution in [0.4, 0.5) is 5.13 Å². The van der Waals surface area contributed by atoms with Crippen molar-refractivity contribution in [1.82, 2.24) is 4.98 Å². The van der Waals surface area contributed by atoms with Crippen LogP contribution in [0.15, 0.2) is 24.3 Å². The van der Waals surface area contributed by atoms with Gasteiger partial charge in [0.25, 0.3) is 5.91 Å². The second-order valence-corrected chi connectivity index (χ2v) is 5.07. The molecule has 0 saturated heterocycles. The fraction of sp³-hybridized carbons (Fsp3) is 0.143. The van der Waals surface area contributed by atoms with Crippen molar-refractivity contribution in [3.8, 4) is 6.07 Å². The molecule has 0 saturated carbocycles. The van der Waals surface area contributed by atoms with Crippen LogP contribution in [0.5, 0.6) is 0 Å². The molecule has 0 atom stereocenters. The van der Waals surface area contributed by atoms with Crippen LogP contribution in [0.1, 0.15) is 31.3 Å². The van der Waals surface area contributed by atoms with Gasteiger partial charge in [-0.25, -0.2) is 9.78 Å². The number of aryl methyl sites for hydroxylation is 1. The van der Waals surface area contributed by atoms with Crippen LogP contribution >= 0.6 is 11.3 Å². The van der Waals surface area contributed by atoms with Crippen LogP contribution in [0.25, 0.3) is 0 Å². The summed E-state index contributed by atoms with van der Waals surface area (Å²) in [7, 11) is 1.29. The summed E-state index contributed by atoms with van der Waals surface area (Å²) in [5.74, 6) is -0.839. The molecule has 1 aromatic carbocycles. The topological polar surface area (TPSA) is 92.1 Å². The Hall–Kier alpha value is -2.72. The average molecular weight is 301 g/mol. The van der Waals surface area contributed by atoms with Crippen molar-refractivity contribution in [2.75, 3.05) is 12.4 Å². The maximum absolute atomic E-state index is 12.0. The molecule has 1 N–H and O–H groups in total. The second kappa shape index (κ2) is 6.15. The molecule has 0 aliphatic rings. The molecule has 1 aromatic heterocycles. The Morgan fingerprint density at radius 3 is 2.57 bits per heavy atom. The highest BCUT2D eigenvalue weighted by Gasteiger charge is 2.17. The molecule has 7 heteroatoms. The number of ether oxygens (including phenoxy) is 1. The van der Waals surface area contributed by atoms with Gasteiger partial charge in [0.1, 0.15) is 4.88 Å². The predicted octanol–water partition coefficient (Wildman–Crippen LogP) is 2.36. The van der Waals surface area contributed by atoms with Gasteiger partial charge in [-0.05, 0) is 31.2 Å². The number of rotatable bonds is 3. The summed E-state index contributed by atoms with van der Waals surface area (Å²) < 4.78 is 4.63. The Bertz CT molecular complexity index is 729. The number of nitriles is 1. The van der Waals surface area contributed by atoms with Crippen LogP contribution < -0.4 is 5.32 Å². The molecule has 0 fully saturated rings. The molecular formula is C14H11N3O3S. The van der Waals surface area contributed by atoms with Gasteiger partial charge in [0.05, 0.1) is 24.4 Å². The van der Waals surface area contributed by atoms with E-state index in [1.807, 2.05) is 6.07 Å². The van der Waals surface area contributed by atoms with Gasteiger partial charge in [-0.3, -0.25) is 10.1 Å². The summed E-state index contributed by atoms with van der Waals surface area (Å²) in [6.45, 7) is 1.67. The number of nitrogens with zero attached hydrogens (tertiary/aromatic N) is 2. The van der Waals surface area contributed by atoms with Gasteiger partial charge in [-0.2, -0.15) is 5.26 Å². The number of hydrogen-bond donors (Lipinski definition) is 1. The van der Waals surface area contributed by atoms with Crippen LogP contribution in [-0.4, -0.2) is 24.0 Å². The van der Waals surface area contributed by atoms with Crippen LogP contribution in [0.2, 0.25) is 0 Å². The molecular weight excluding hydrogens is 290 g/mol. The lowest BCUT2D eigenvalue weighted by atomic mass is 10.1. The maximum Gasteiger partial charge on any atom is 0.350 e. The molecule has 1 amide bonds. The quantitative estimate of drug-likeness (QED) is 0.879. The molecule has 1 heterocycles. The number of carbonyl (C=O) groups excluding carboxylic acids is 2. The average Bonchev–Trinajstić information content (AvgIpc) is 2.87. The molecule has 0 aliphatic heterocycles. The van der Waals surface area contributed by atoms with E-state index in [0.717, 1.165) is 11.3 Å². The molecule has 6 nitrogen and oxygen atoms in total. The van der Waals surface area contributed by atoms with Crippen LogP contribution in [0.3, 0.4) is 0 Å². The van der Waals surface area contributed by atoms with Gasteiger partial charge in [-0.15, -0.1) is 0 Å². The van der Waals surface area contributed by atoms with Crippen molar-refractivity contribution < 1.29 is 14.3 Å². The van der Waals surface area contributed by atoms with E-state index in [2.05, 4.69) is 15.0 Å². The minimum absolute atomic E-state index is 0.322. The third kappa shape index (κ3) is 3.24. The lowest BCUT2D eigenvalue weighted by molar-refractivity contribution is 0.0605. The zero-order valence-corrected chi connectivity index (χ0v) is 12.2. The van der Waals surface area contributed by atoms with Gasteiger partial charge in [-0.1, -0.05) is 11.3 Å². The predicted molar refractivity (Wildman–Crippen MR) is 77.3 cm³/mol. The lowest BCUT2D eigenvalue weighted by Crippen LogP contribution is -2.11. The Morgan fingerprint density at radius 1 is 1.33 bits per heavy atom. The molecule has 0 unspecified atom stereocenters. The lowest BCUT2D eigenvalue weighted by Gasteiger charge is -2.01. The fourth-order valence-electron chi connectivity index (χ4n) is 1.60. The normalized spacial score (nSPS) is 9.76. The molecule has 0 bridgehead atoms. The number of carbonyl (C=O) groups is 2. The van der Waals surface area contributed by atoms with Gasteiger partial charge in [0.2, 0.25) is 0 Å². The highest BCUT2D eigenvalue weighted by molar-refractivity contribution is 7.17. The SMILES string of the molecule is COC(=O)c1sc(NC(=O)c2ccc(C#N)cc2)nc1C. The van der Waals surface area contributed by atoms with E-state index >= 15 is 0 Å². The summed E-state index contributed by atoms with van der Waals surface area (Å²) in [6.07, 6.45) is 0. The first-order valence-corrected chi connectivity index (χ1v) is 6.74. The van der Waals surface area contributed by atoms with Crippen LogP contribution in [0, 0.1) is 18.3 Å². The highest BCUT2D eigenvalue weighted by atomic mass is 32.1. The molecule has 21 heavy (non-hydrogen) atoms. The van der Waals surface area contributed by atoms with E-state index in [1.54, 1.807) is 31.2 Å². The van der Waals surface area contributed by atoms with Gasteiger partial charge >= 0.3 is 5.97 Å². The number of amides is 1. The molecule has 0 aliphatic carbocycles. The number of nitrogens with one attached hydrogen (secondary N) is 1. The second-order valence-electron chi connectivity index (χ2n) is 4.07. The largest absolute Gasteiger partial charge is 0.465 e. The third-order valence-electron chi connectivity index (χ3n) is 2.66. The number of thiazole rings is 1. The van der Waals surface area contributed by atoms with Crippen molar-refractivity contribution in [2.24, 2.45) is 0 Å². The van der Waals surface area contributed by atoms with Crippen molar-refractivity contribution in [2.45, 2.75) is 6.92 Å². The molecule has 0 spiro atoms. The van der Waals surface area contributed by atoms with Gasteiger partial charge in [0, 0.05) is 5.56 Å². The van der Waals surface area contributed by atoms with E-state index < -0.39 is 5.97 Å². The Labute approximate surface area is 125 Å². The number of anilines is 1. The monoisotopic (exact) mass is 301 g/mol. The third-order valence-corrected chi connectivity index (χ3v) is 3.72. The fourth-order valence-corrected chi connectivity index (χ4v) is 2.48. The van der Waals surface area contributed by atoms with Gasteiger partial charge in [0.15, 0.2) is 5.13 Å². The van der Waals surface area contributed by atoms with Crippen LogP contribution in [-0.2, 0) is 4.74 Å². The summed E-state index contributed by atoms with van der Waals surface area (Å²) >= 11 is 1.05. The van der Waals surface area contributed by atoms with E-state index in [4.69, 9.17) is 5.26 Å². The Balaban J connectivity index is 2.16. The van der Waals surface area contributed by atoms with E-state index in [0.29, 0.717) is 26.8 Å². The maximum atomic E-state index is 12.0. The highest BCUT2D eigenvalue weighted by Crippen LogP contribution is 2.23. The summed E-state index contributed by atoms with van der Waals surface area (Å²) in [4.78, 5) is 28.0. The van der Waals surface area contributed by atoms with Crippen molar-refractivity contribution in [1.29, 1.82) is 5.26 Å². The zero-order valence-electron chi connectivity index (χ0n) is 11.3. The van der Waals surface area contributed by atoms with E-state index in [9.17, 15) is 9.59 Å². The van der Waals surface area contributed by atoms with Crippen molar-refractivity contribution in [3.63, 3.8) is 0 Å². The molecule has 2 rings (SSSR count). The molecule has 0 radical (unpaired) electrons. The number of hydrogen-bond acceptors (Lipinski definition) is 6. The van der Waals surface area contributed by atoms with Crippen molar-refractivity contribution >= 4 is 28.3 Å². The minimum Gasteiger partial charge on any atom is -0.465 e. The molecule has 106 valence electrons. The Morgan fingerprint density at radius 2 is 2.00 bits per heavy atom. The standard InChI is InChI=1S/C14H11N3O3S/c1-8-11(13(19)20-2)21-14(16-8)17-12(18)10-5-3-9(7-15)4-6-10/h3-6H,1-2H3,(H,16,17,18). The van der Waals surface area contributed by atoms with E-state index in [-0.39, 0.29) is 5.91 Å². The number of methoxy groups -OCH3 is 1. The summed E-state index contributed by atoms with van der Waals surface area (Å²) in [6, 6.07) is 8.20. The first kappa shape index (κ1) is 14.7. The van der Waals surface area contributed by atoms with E-state index in [1.165, 1.54) is 7.11 Å².